The van der Waals surface area contributed by atoms with Gasteiger partial charge in [0.25, 0.3) is 0 Å². The van der Waals surface area contributed by atoms with Crippen molar-refractivity contribution in [3.63, 3.8) is 0 Å². The molecule has 0 saturated carbocycles. The van der Waals surface area contributed by atoms with Crippen LogP contribution in [0.1, 0.15) is 19.3 Å². The van der Waals surface area contributed by atoms with Gasteiger partial charge in [0.15, 0.2) is 5.78 Å². The van der Waals surface area contributed by atoms with Gasteiger partial charge >= 0.3 is 0 Å². The first-order valence-corrected chi connectivity index (χ1v) is 4.73. The molecule has 1 unspecified atom stereocenters. The zero-order valence-corrected chi connectivity index (χ0v) is 7.99. The zero-order valence-electron chi connectivity index (χ0n) is 7.99. The fourth-order valence-corrected chi connectivity index (χ4v) is 1.87. The molecule has 2 heterocycles. The van der Waals surface area contributed by atoms with E-state index in [1.54, 1.807) is 0 Å². The molecule has 0 aromatic carbocycles. The van der Waals surface area contributed by atoms with Gasteiger partial charge < -0.3 is 4.90 Å². The molecule has 6 nitrogen and oxygen atoms in total. The number of nitrogens with zero attached hydrogens (tertiary/aromatic N) is 1. The lowest BCUT2D eigenvalue weighted by Gasteiger charge is -2.28. The van der Waals surface area contributed by atoms with Crippen LogP contribution in [-0.2, 0) is 19.2 Å². The van der Waals surface area contributed by atoms with E-state index in [2.05, 4.69) is 5.32 Å². The number of likely N-dealkylation sites (tertiary alicyclic amines) is 1. The molecule has 2 saturated heterocycles. The summed E-state index contributed by atoms with van der Waals surface area (Å²) < 4.78 is 0. The summed E-state index contributed by atoms with van der Waals surface area (Å²) in [5.41, 5.74) is 0. The summed E-state index contributed by atoms with van der Waals surface area (Å²) >= 11 is 0. The molecule has 0 aromatic heterocycles. The van der Waals surface area contributed by atoms with Crippen LogP contribution in [0.4, 0.5) is 0 Å². The standard InChI is InChI=1S/C9H10N2O4/c12-5-3-8(14)11(4-5)6-1-2-7(13)10-9(6)15/h6H,1-4H2,(H,10,13,15). The number of carbonyl (C=O) groups excluding carboxylic acids is 4. The molecule has 15 heavy (non-hydrogen) atoms. The minimum atomic E-state index is -0.651. The topological polar surface area (TPSA) is 83.6 Å². The first-order valence-electron chi connectivity index (χ1n) is 4.73. The summed E-state index contributed by atoms with van der Waals surface area (Å²) in [7, 11) is 0. The van der Waals surface area contributed by atoms with Crippen LogP contribution in [-0.4, -0.2) is 41.0 Å². The Balaban J connectivity index is 2.11. The molecule has 1 N–H and O–H groups in total. The van der Waals surface area contributed by atoms with Crippen LogP contribution >= 0.6 is 0 Å². The van der Waals surface area contributed by atoms with E-state index in [4.69, 9.17) is 0 Å². The Morgan fingerprint density at radius 2 is 1.93 bits per heavy atom. The monoisotopic (exact) mass is 210 g/mol. The Morgan fingerprint density at radius 1 is 1.20 bits per heavy atom. The van der Waals surface area contributed by atoms with Crippen LogP contribution < -0.4 is 5.32 Å². The molecule has 0 bridgehead atoms. The van der Waals surface area contributed by atoms with Crippen LogP contribution in [0.25, 0.3) is 0 Å². The fourth-order valence-electron chi connectivity index (χ4n) is 1.87. The number of Topliss-reactive ketones (excluding diaryl/α,β-unsaturated/α-hetero) is 1. The number of carbonyl (C=O) groups is 4. The highest BCUT2D eigenvalue weighted by atomic mass is 16.2. The second-order valence-corrected chi connectivity index (χ2v) is 3.70. The molecule has 2 rings (SSSR count). The minimum Gasteiger partial charge on any atom is -0.323 e. The van der Waals surface area contributed by atoms with E-state index in [0.29, 0.717) is 6.42 Å². The van der Waals surface area contributed by atoms with E-state index >= 15 is 0 Å². The molecule has 0 spiro atoms. The highest BCUT2D eigenvalue weighted by molar-refractivity contribution is 6.08. The van der Waals surface area contributed by atoms with Crippen molar-refractivity contribution in [3.8, 4) is 0 Å². The van der Waals surface area contributed by atoms with Crippen LogP contribution in [0.5, 0.6) is 0 Å². The molecule has 2 aliphatic rings. The lowest BCUT2D eigenvalue weighted by Crippen LogP contribution is -2.53. The Hall–Kier alpha value is -1.72. The van der Waals surface area contributed by atoms with Crippen LogP contribution in [0, 0.1) is 0 Å². The van der Waals surface area contributed by atoms with Gasteiger partial charge in [0.2, 0.25) is 17.7 Å². The van der Waals surface area contributed by atoms with Crippen molar-refractivity contribution in [2.24, 2.45) is 0 Å². The predicted molar refractivity (Wildman–Crippen MR) is 47.5 cm³/mol. The summed E-state index contributed by atoms with van der Waals surface area (Å²) in [6.07, 6.45) is 0.399. The third-order valence-electron chi connectivity index (χ3n) is 2.60. The van der Waals surface area contributed by atoms with Gasteiger partial charge in [0, 0.05) is 6.42 Å². The highest BCUT2D eigenvalue weighted by Gasteiger charge is 2.39. The van der Waals surface area contributed by atoms with Crippen molar-refractivity contribution < 1.29 is 19.2 Å². The third kappa shape index (κ3) is 1.74. The van der Waals surface area contributed by atoms with Gasteiger partial charge in [-0.15, -0.1) is 0 Å². The van der Waals surface area contributed by atoms with Crippen molar-refractivity contribution in [1.29, 1.82) is 0 Å². The number of hydrogen-bond acceptors (Lipinski definition) is 4. The van der Waals surface area contributed by atoms with Crippen molar-refractivity contribution in [2.45, 2.75) is 25.3 Å². The van der Waals surface area contributed by atoms with Crippen molar-refractivity contribution in [1.82, 2.24) is 10.2 Å². The van der Waals surface area contributed by atoms with E-state index in [1.165, 1.54) is 4.90 Å². The number of imide groups is 1. The SMILES string of the molecule is O=C1CC(=O)N(C2CCC(=O)NC2=O)C1. The smallest absolute Gasteiger partial charge is 0.249 e. The first-order chi connectivity index (χ1) is 7.08. The molecule has 6 heteroatoms. The zero-order chi connectivity index (χ0) is 11.0. The lowest BCUT2D eigenvalue weighted by molar-refractivity contribution is -0.143. The van der Waals surface area contributed by atoms with Gasteiger partial charge in [0.1, 0.15) is 6.04 Å². The van der Waals surface area contributed by atoms with Gasteiger partial charge in [-0.25, -0.2) is 0 Å². The van der Waals surface area contributed by atoms with E-state index < -0.39 is 11.9 Å². The molecule has 0 aromatic rings. The number of amides is 3. The normalized spacial score (nSPS) is 27.2. The summed E-state index contributed by atoms with van der Waals surface area (Å²) in [4.78, 5) is 45.9. The predicted octanol–water partition coefficient (Wildman–Crippen LogP) is -1.41. The maximum absolute atomic E-state index is 11.4. The summed E-state index contributed by atoms with van der Waals surface area (Å²) in [6, 6.07) is -0.651. The van der Waals surface area contributed by atoms with Crippen LogP contribution in [0.2, 0.25) is 0 Å². The van der Waals surface area contributed by atoms with Gasteiger partial charge in [-0.2, -0.15) is 0 Å². The highest BCUT2D eigenvalue weighted by Crippen LogP contribution is 2.17. The first kappa shape index (κ1) is 9.82. The molecule has 0 aliphatic carbocycles. The molecule has 1 atom stereocenters. The largest absolute Gasteiger partial charge is 0.323 e. The molecule has 3 amide bonds. The second kappa shape index (κ2) is 3.45. The molecule has 80 valence electrons. The van der Waals surface area contributed by atoms with Crippen molar-refractivity contribution in [3.05, 3.63) is 0 Å². The summed E-state index contributed by atoms with van der Waals surface area (Å²) in [6.45, 7) is -0.00882. The van der Waals surface area contributed by atoms with Crippen molar-refractivity contribution in [2.75, 3.05) is 6.54 Å². The maximum atomic E-state index is 11.4. The molecular formula is C9H10N2O4. The Kier molecular flexibility index (Phi) is 2.26. The van der Waals surface area contributed by atoms with Gasteiger partial charge in [-0.3, -0.25) is 24.5 Å². The van der Waals surface area contributed by atoms with Gasteiger partial charge in [-0.05, 0) is 6.42 Å². The number of hydrogen-bond donors (Lipinski definition) is 1. The Bertz CT molecular complexity index is 363. The summed E-state index contributed by atoms with van der Waals surface area (Å²) in [5.74, 6) is -1.30. The third-order valence-corrected chi connectivity index (χ3v) is 2.60. The average molecular weight is 210 g/mol. The summed E-state index contributed by atoms with van der Waals surface area (Å²) in [5, 5.41) is 2.16. The van der Waals surface area contributed by atoms with E-state index in [-0.39, 0.29) is 37.0 Å². The average Bonchev–Trinajstić information content (AvgIpc) is 2.45. The number of nitrogens with one attached hydrogen (secondary N) is 1. The number of piperidine rings is 1. The minimum absolute atomic E-state index is 0.00882. The number of ketones is 1. The van der Waals surface area contributed by atoms with E-state index in [0.717, 1.165) is 0 Å². The van der Waals surface area contributed by atoms with Crippen molar-refractivity contribution >= 4 is 23.5 Å². The van der Waals surface area contributed by atoms with E-state index in [1.807, 2.05) is 0 Å². The Morgan fingerprint density at radius 3 is 2.47 bits per heavy atom. The maximum Gasteiger partial charge on any atom is 0.249 e. The Labute approximate surface area is 85.6 Å². The van der Waals surface area contributed by atoms with Gasteiger partial charge in [0.05, 0.1) is 13.0 Å². The molecule has 2 fully saturated rings. The fraction of sp³-hybridized carbons (Fsp3) is 0.556. The molecule has 0 radical (unpaired) electrons. The molecule has 2 aliphatic heterocycles. The van der Waals surface area contributed by atoms with E-state index in [9.17, 15) is 19.2 Å². The number of rotatable bonds is 1. The van der Waals surface area contributed by atoms with Crippen LogP contribution in [0.3, 0.4) is 0 Å². The molecular weight excluding hydrogens is 200 g/mol. The van der Waals surface area contributed by atoms with Crippen LogP contribution in [0.15, 0.2) is 0 Å². The quantitative estimate of drug-likeness (QED) is 0.426. The lowest BCUT2D eigenvalue weighted by atomic mass is 10.1. The van der Waals surface area contributed by atoms with Gasteiger partial charge in [-0.1, -0.05) is 0 Å². The second-order valence-electron chi connectivity index (χ2n) is 3.70.